The number of hydrogen-bond acceptors (Lipinski definition) is 3. The largest absolute Gasteiger partial charge is 0.441 e. The third-order valence-corrected chi connectivity index (χ3v) is 4.35. The zero-order chi connectivity index (χ0) is 13.8. The number of rotatable bonds is 4. The molecule has 2 aliphatic rings. The van der Waals surface area contributed by atoms with Gasteiger partial charge < -0.3 is 14.8 Å². The van der Waals surface area contributed by atoms with Crippen LogP contribution in [0.25, 0.3) is 0 Å². The van der Waals surface area contributed by atoms with Gasteiger partial charge in [0.15, 0.2) is 0 Å². The fourth-order valence-electron chi connectivity index (χ4n) is 3.07. The first kappa shape index (κ1) is 13.4. The monoisotopic (exact) mass is 275 g/mol. The molecule has 20 heavy (non-hydrogen) atoms. The van der Waals surface area contributed by atoms with E-state index >= 15 is 0 Å². The van der Waals surface area contributed by atoms with Gasteiger partial charge in [0.2, 0.25) is 0 Å². The van der Waals surface area contributed by atoms with Crippen molar-refractivity contribution in [3.63, 3.8) is 0 Å². The summed E-state index contributed by atoms with van der Waals surface area (Å²) >= 11 is 0. The van der Waals surface area contributed by atoms with Gasteiger partial charge in [-0.1, -0.05) is 30.3 Å². The van der Waals surface area contributed by atoms with Crippen LogP contribution >= 0.6 is 0 Å². The Balaban J connectivity index is 1.40. The number of hydrogen-bond donors (Lipinski definition) is 1. The van der Waals surface area contributed by atoms with E-state index in [9.17, 15) is 4.79 Å². The van der Waals surface area contributed by atoms with Gasteiger partial charge in [0.25, 0.3) is 0 Å². The van der Waals surface area contributed by atoms with Gasteiger partial charge in [-0.2, -0.15) is 0 Å². The molecule has 108 valence electrons. The summed E-state index contributed by atoms with van der Waals surface area (Å²) in [7, 11) is 0. The van der Waals surface area contributed by atoms with Gasteiger partial charge in [0.1, 0.15) is 5.60 Å². The maximum absolute atomic E-state index is 11.2. The minimum atomic E-state index is -0.260. The van der Waals surface area contributed by atoms with Gasteiger partial charge in [0, 0.05) is 6.61 Å². The standard InChI is InChI=1S/C16H21NO3/c18-15-17-12-16(20-15)8-6-14(7-9-16)11-19-10-13-4-2-1-3-5-13/h1-5,14H,6-12H2,(H,17,18)/t14-,16-. The molecule has 3 rings (SSSR count). The van der Waals surface area contributed by atoms with Crippen molar-refractivity contribution in [2.45, 2.75) is 37.9 Å². The first-order chi connectivity index (χ1) is 9.76. The maximum Gasteiger partial charge on any atom is 0.407 e. The molecule has 1 aliphatic carbocycles. The Hall–Kier alpha value is -1.55. The topological polar surface area (TPSA) is 47.6 Å². The number of amides is 1. The van der Waals surface area contributed by atoms with E-state index in [1.165, 1.54) is 5.56 Å². The van der Waals surface area contributed by atoms with Crippen molar-refractivity contribution in [1.29, 1.82) is 0 Å². The Morgan fingerprint density at radius 2 is 2.00 bits per heavy atom. The second-order valence-electron chi connectivity index (χ2n) is 5.87. The van der Waals surface area contributed by atoms with Crippen molar-refractivity contribution >= 4 is 6.09 Å². The van der Waals surface area contributed by atoms with Crippen LogP contribution in [0.5, 0.6) is 0 Å². The lowest BCUT2D eigenvalue weighted by Gasteiger charge is -2.34. The van der Waals surface area contributed by atoms with Gasteiger partial charge in [0.05, 0.1) is 13.2 Å². The molecule has 1 N–H and O–H groups in total. The molecule has 0 atom stereocenters. The van der Waals surface area contributed by atoms with E-state index < -0.39 is 0 Å². The summed E-state index contributed by atoms with van der Waals surface area (Å²) in [6, 6.07) is 10.2. The lowest BCUT2D eigenvalue weighted by atomic mass is 9.79. The number of carbonyl (C=O) groups excluding carboxylic acids is 1. The third kappa shape index (κ3) is 3.12. The Labute approximate surface area is 119 Å². The van der Waals surface area contributed by atoms with Crippen molar-refractivity contribution in [2.24, 2.45) is 5.92 Å². The second kappa shape index (κ2) is 5.83. The third-order valence-electron chi connectivity index (χ3n) is 4.35. The number of alkyl carbamates (subject to hydrolysis) is 1. The molecule has 0 bridgehead atoms. The van der Waals surface area contributed by atoms with E-state index in [1.54, 1.807) is 0 Å². The molecular formula is C16H21NO3. The smallest absolute Gasteiger partial charge is 0.407 e. The van der Waals surface area contributed by atoms with Crippen LogP contribution in [-0.2, 0) is 16.1 Å². The lowest BCUT2D eigenvalue weighted by molar-refractivity contribution is -0.00657. The highest BCUT2D eigenvalue weighted by Crippen LogP contribution is 2.36. The Bertz CT molecular complexity index is 452. The van der Waals surface area contributed by atoms with E-state index in [0.29, 0.717) is 19.1 Å². The second-order valence-corrected chi connectivity index (χ2v) is 5.87. The number of benzene rings is 1. The average Bonchev–Trinajstić information content (AvgIpc) is 2.84. The van der Waals surface area contributed by atoms with Crippen molar-refractivity contribution in [3.05, 3.63) is 35.9 Å². The molecule has 1 saturated carbocycles. The molecule has 1 amide bonds. The fraction of sp³-hybridized carbons (Fsp3) is 0.562. The Morgan fingerprint density at radius 1 is 1.25 bits per heavy atom. The predicted molar refractivity (Wildman–Crippen MR) is 75.3 cm³/mol. The average molecular weight is 275 g/mol. The van der Waals surface area contributed by atoms with Crippen LogP contribution in [0.1, 0.15) is 31.2 Å². The van der Waals surface area contributed by atoms with E-state index in [2.05, 4.69) is 17.4 Å². The van der Waals surface area contributed by atoms with Crippen LogP contribution in [0.15, 0.2) is 30.3 Å². The summed E-state index contributed by atoms with van der Waals surface area (Å²) in [5.74, 6) is 0.587. The van der Waals surface area contributed by atoms with E-state index in [0.717, 1.165) is 32.3 Å². The lowest BCUT2D eigenvalue weighted by Crippen LogP contribution is -2.38. The van der Waals surface area contributed by atoms with Crippen LogP contribution in [-0.4, -0.2) is 24.8 Å². The molecule has 0 aromatic heterocycles. The van der Waals surface area contributed by atoms with Crippen molar-refractivity contribution in [3.8, 4) is 0 Å². The first-order valence-electron chi connectivity index (χ1n) is 7.34. The molecule has 4 nitrogen and oxygen atoms in total. The highest BCUT2D eigenvalue weighted by Gasteiger charge is 2.43. The van der Waals surface area contributed by atoms with Gasteiger partial charge in [-0.15, -0.1) is 0 Å². The van der Waals surface area contributed by atoms with Gasteiger partial charge in [-0.3, -0.25) is 0 Å². The molecule has 1 spiro atoms. The number of carbonyl (C=O) groups is 1. The molecule has 1 aromatic carbocycles. The molecule has 2 fully saturated rings. The SMILES string of the molecule is O=C1NC[C@]2(CC[C@@H](COCc3ccccc3)CC2)O1. The summed E-state index contributed by atoms with van der Waals surface area (Å²) in [5, 5.41) is 2.77. The van der Waals surface area contributed by atoms with Gasteiger partial charge >= 0.3 is 6.09 Å². The molecular weight excluding hydrogens is 254 g/mol. The maximum atomic E-state index is 11.2. The molecule has 1 aliphatic heterocycles. The zero-order valence-corrected chi connectivity index (χ0v) is 11.6. The minimum absolute atomic E-state index is 0.229. The summed E-state index contributed by atoms with van der Waals surface area (Å²) in [6.45, 7) is 2.15. The van der Waals surface area contributed by atoms with Crippen LogP contribution in [0.2, 0.25) is 0 Å². The first-order valence-corrected chi connectivity index (χ1v) is 7.34. The number of nitrogens with one attached hydrogen (secondary N) is 1. The van der Waals surface area contributed by atoms with Crippen LogP contribution in [0.3, 0.4) is 0 Å². The quantitative estimate of drug-likeness (QED) is 0.919. The van der Waals surface area contributed by atoms with Crippen molar-refractivity contribution in [1.82, 2.24) is 5.32 Å². The van der Waals surface area contributed by atoms with Crippen LogP contribution in [0.4, 0.5) is 4.79 Å². The minimum Gasteiger partial charge on any atom is -0.441 e. The zero-order valence-electron chi connectivity index (χ0n) is 11.6. The summed E-state index contributed by atoms with van der Waals surface area (Å²) in [4.78, 5) is 11.2. The molecule has 0 unspecified atom stereocenters. The van der Waals surface area contributed by atoms with E-state index in [-0.39, 0.29) is 11.7 Å². The van der Waals surface area contributed by atoms with Gasteiger partial charge in [-0.25, -0.2) is 4.79 Å². The molecule has 0 radical (unpaired) electrons. The van der Waals surface area contributed by atoms with E-state index in [4.69, 9.17) is 9.47 Å². The van der Waals surface area contributed by atoms with Crippen molar-refractivity contribution < 1.29 is 14.3 Å². The Kier molecular flexibility index (Phi) is 3.92. The molecule has 1 saturated heterocycles. The molecule has 1 aromatic rings. The fourth-order valence-corrected chi connectivity index (χ4v) is 3.07. The van der Waals surface area contributed by atoms with Crippen LogP contribution < -0.4 is 5.32 Å². The Morgan fingerprint density at radius 3 is 2.65 bits per heavy atom. The summed E-state index contributed by atoms with van der Waals surface area (Å²) in [5.41, 5.74) is 0.987. The molecule has 1 heterocycles. The highest BCUT2D eigenvalue weighted by molar-refractivity contribution is 5.70. The normalized spacial score (nSPS) is 29.2. The van der Waals surface area contributed by atoms with E-state index in [1.807, 2.05) is 18.2 Å². The molecule has 4 heteroatoms. The van der Waals surface area contributed by atoms with Gasteiger partial charge in [-0.05, 0) is 37.2 Å². The summed E-state index contributed by atoms with van der Waals surface area (Å²) in [6.07, 6.45) is 3.78. The van der Waals surface area contributed by atoms with Crippen molar-refractivity contribution in [2.75, 3.05) is 13.2 Å². The predicted octanol–water partition coefficient (Wildman–Crippen LogP) is 2.87. The summed E-state index contributed by atoms with van der Waals surface area (Å²) < 4.78 is 11.2. The number of ether oxygens (including phenoxy) is 2. The van der Waals surface area contributed by atoms with Crippen LogP contribution in [0, 0.1) is 5.92 Å². The highest BCUT2D eigenvalue weighted by atomic mass is 16.6.